The summed E-state index contributed by atoms with van der Waals surface area (Å²) < 4.78 is 14.1. The van der Waals surface area contributed by atoms with Gasteiger partial charge in [-0.25, -0.2) is 4.79 Å². The second kappa shape index (κ2) is 11.2. The molecule has 3 saturated heterocycles. The third-order valence-corrected chi connectivity index (χ3v) is 18.4. The van der Waals surface area contributed by atoms with Crippen molar-refractivity contribution >= 4 is 11.9 Å². The molecule has 15 aliphatic rings. The highest BCUT2D eigenvalue weighted by molar-refractivity contribution is 6.01. The molecule has 12 bridgehead atoms. The summed E-state index contributed by atoms with van der Waals surface area (Å²) in [4.78, 5) is 36.2. The lowest BCUT2D eigenvalue weighted by Gasteiger charge is -2.72. The lowest BCUT2D eigenvalue weighted by molar-refractivity contribution is -0.278. The number of hydrogen-bond acceptors (Lipinski definition) is 7. The molecule has 2 saturated carbocycles. The van der Waals surface area contributed by atoms with Crippen molar-refractivity contribution in [3.63, 3.8) is 0 Å². The number of piperidine rings is 2. The van der Waals surface area contributed by atoms with Gasteiger partial charge in [-0.2, -0.15) is 0 Å². The van der Waals surface area contributed by atoms with Crippen molar-refractivity contribution in [2.45, 2.75) is 115 Å². The van der Waals surface area contributed by atoms with Gasteiger partial charge >= 0.3 is 11.9 Å². The smallest absolute Gasteiger partial charge is 0.339 e. The molecule has 2 N–H and O–H groups in total. The summed E-state index contributed by atoms with van der Waals surface area (Å²) in [5.74, 6) is 3.51. The fourth-order valence-electron chi connectivity index (χ4n) is 16.7. The molecule has 13 unspecified atom stereocenters. The first-order valence-corrected chi connectivity index (χ1v) is 22.7. The van der Waals surface area contributed by atoms with Crippen molar-refractivity contribution < 1.29 is 19.1 Å². The quantitative estimate of drug-likeness (QED) is 0.315. The van der Waals surface area contributed by atoms with Crippen LogP contribution in [0.2, 0.25) is 0 Å². The number of carbonyl (C=O) groups is 2. The molecule has 13 atom stereocenters. The monoisotopic (exact) mass is 751 g/mol. The zero-order chi connectivity index (χ0) is 37.5. The standard InChI is InChI=1S/C49H57N3O4/c1-26-11-14-34-33-9-3-7-30-22-31-13-15-37-32-21-28-23-51(25-32)27(2)12-16-39-47-18-17-35(42(40(30)33)44(31)52(37)24-28)43(34)48(47,46(54)55-39)38(20-26)49(47)36-10-4-6-29(8-5-19-50)41(36)45(53)56-49/h3-4,6,9-10,16,26-28,30,32,37-38,40,42H,5,7-8,11-15,17-25,50H2,1-2H3. The van der Waals surface area contributed by atoms with Crippen molar-refractivity contribution in [3.05, 3.63) is 92.4 Å². The zero-order valence-electron chi connectivity index (χ0n) is 33.3. The highest BCUT2D eigenvalue weighted by atomic mass is 16.6. The number of nitrogens with two attached hydrogens (primary N) is 1. The molecular weight excluding hydrogens is 695 g/mol. The molecule has 56 heavy (non-hydrogen) atoms. The van der Waals surface area contributed by atoms with E-state index in [9.17, 15) is 4.79 Å². The van der Waals surface area contributed by atoms with Gasteiger partial charge in [0.05, 0.1) is 11.0 Å². The van der Waals surface area contributed by atoms with Gasteiger partial charge in [0.25, 0.3) is 0 Å². The number of hydrogen-bond donors (Lipinski definition) is 1. The summed E-state index contributed by atoms with van der Waals surface area (Å²) >= 11 is 0. The maximum absolute atomic E-state index is 15.8. The van der Waals surface area contributed by atoms with Crippen LogP contribution in [0.15, 0.2) is 75.7 Å². The van der Waals surface area contributed by atoms with Crippen LogP contribution in [0.3, 0.4) is 0 Å². The first kappa shape index (κ1) is 33.5. The van der Waals surface area contributed by atoms with Crippen molar-refractivity contribution in [2.75, 3.05) is 26.2 Å². The predicted molar refractivity (Wildman–Crippen MR) is 213 cm³/mol. The van der Waals surface area contributed by atoms with E-state index in [4.69, 9.17) is 15.2 Å². The average Bonchev–Trinajstić information content (AvgIpc) is 3.65. The number of aryl methyl sites for hydroxylation is 1. The summed E-state index contributed by atoms with van der Waals surface area (Å²) in [5.41, 5.74) is 15.6. The second-order valence-electron chi connectivity index (χ2n) is 20.5. The molecule has 0 aromatic heterocycles. The van der Waals surface area contributed by atoms with Crippen LogP contribution in [-0.4, -0.2) is 60.0 Å². The van der Waals surface area contributed by atoms with E-state index in [2.05, 4.69) is 60.1 Å². The Morgan fingerprint density at radius 2 is 1.91 bits per heavy atom. The maximum atomic E-state index is 15.8. The Morgan fingerprint density at radius 3 is 2.80 bits per heavy atom. The van der Waals surface area contributed by atoms with Gasteiger partial charge in [-0.1, -0.05) is 48.4 Å². The van der Waals surface area contributed by atoms with E-state index in [-0.39, 0.29) is 17.9 Å². The summed E-state index contributed by atoms with van der Waals surface area (Å²) in [6, 6.07) is 7.37. The number of rotatable bonds is 3. The molecule has 0 radical (unpaired) electrons. The van der Waals surface area contributed by atoms with Gasteiger partial charge in [-0.15, -0.1) is 0 Å². The van der Waals surface area contributed by atoms with E-state index in [1.54, 1.807) is 16.8 Å². The van der Waals surface area contributed by atoms with Gasteiger partial charge < -0.3 is 20.1 Å². The van der Waals surface area contributed by atoms with Crippen LogP contribution in [0.1, 0.15) is 112 Å². The largest absolute Gasteiger partial charge is 0.449 e. The minimum absolute atomic E-state index is 0.0642. The molecule has 9 heterocycles. The van der Waals surface area contributed by atoms with E-state index >= 15 is 4.79 Å². The fraction of sp³-hybridized carbons (Fsp3) is 0.633. The SMILES string of the molecule is CC1CCC2=C3C=CCC4CC5=C6C(C7=C2C28C(=O)OC(=CCC(C)N9CC%10CC(C9)C(CC5)N6C%10)C2(CC7)C2(OC(=O)c5c(CCCN)cccc52)C8C1)C34. The van der Waals surface area contributed by atoms with Crippen LogP contribution in [0.4, 0.5) is 0 Å². The minimum atomic E-state index is -0.955. The minimum Gasteiger partial charge on any atom is -0.449 e. The van der Waals surface area contributed by atoms with Crippen LogP contribution >= 0.6 is 0 Å². The number of nitrogens with zero attached hydrogens (tertiary/aromatic N) is 2. The molecule has 292 valence electrons. The fourth-order valence-corrected chi connectivity index (χ4v) is 16.7. The summed E-state index contributed by atoms with van der Waals surface area (Å²) in [6.07, 6.45) is 20.6. The van der Waals surface area contributed by atoms with E-state index in [1.165, 1.54) is 48.9 Å². The van der Waals surface area contributed by atoms with E-state index in [1.807, 2.05) is 0 Å². The highest BCUT2D eigenvalue weighted by Crippen LogP contribution is 2.88. The number of ether oxygens (including phenoxy) is 2. The molecule has 1 aromatic carbocycles. The Kier molecular flexibility index (Phi) is 6.70. The number of benzene rings is 1. The molecule has 7 nitrogen and oxygen atoms in total. The first-order chi connectivity index (χ1) is 27.3. The maximum Gasteiger partial charge on any atom is 0.339 e. The molecule has 6 aliphatic carbocycles. The Labute approximate surface area is 331 Å². The lowest BCUT2D eigenvalue weighted by atomic mass is 9.27. The molecule has 16 rings (SSSR count). The lowest BCUT2D eigenvalue weighted by Crippen LogP contribution is -2.77. The highest BCUT2D eigenvalue weighted by Gasteiger charge is 2.93. The third kappa shape index (κ3) is 3.65. The van der Waals surface area contributed by atoms with Gasteiger partial charge in [0.15, 0.2) is 5.60 Å². The Hall–Kier alpha value is -3.42. The Morgan fingerprint density at radius 1 is 1.00 bits per heavy atom. The van der Waals surface area contributed by atoms with Gasteiger partial charge in [0.2, 0.25) is 0 Å². The van der Waals surface area contributed by atoms with Gasteiger partial charge in [0, 0.05) is 54.8 Å². The van der Waals surface area contributed by atoms with E-state index in [0.29, 0.717) is 54.1 Å². The summed E-state index contributed by atoms with van der Waals surface area (Å²) in [5, 5.41) is 0. The number of esters is 2. The number of allylic oxidation sites excluding steroid dienone is 6. The third-order valence-electron chi connectivity index (χ3n) is 18.4. The van der Waals surface area contributed by atoms with Crippen LogP contribution < -0.4 is 5.73 Å². The van der Waals surface area contributed by atoms with Crippen LogP contribution in [0, 0.1) is 52.3 Å². The first-order valence-electron chi connectivity index (χ1n) is 22.7. The molecule has 3 spiro atoms. The number of carbonyl (C=O) groups excluding carboxylic acids is 2. The molecule has 1 aromatic rings. The van der Waals surface area contributed by atoms with Gasteiger partial charge in [-0.3, -0.25) is 9.69 Å². The molecule has 9 aliphatic heterocycles. The summed E-state index contributed by atoms with van der Waals surface area (Å²) in [6.45, 7) is 8.84. The van der Waals surface area contributed by atoms with Gasteiger partial charge in [-0.05, 0) is 155 Å². The molecule has 0 amide bonds. The number of fused-ring (bicyclic) bond motifs is 3. The van der Waals surface area contributed by atoms with Crippen molar-refractivity contribution in [1.82, 2.24) is 9.80 Å². The summed E-state index contributed by atoms with van der Waals surface area (Å²) in [7, 11) is 0. The van der Waals surface area contributed by atoms with Crippen molar-refractivity contribution in [3.8, 4) is 0 Å². The zero-order valence-corrected chi connectivity index (χ0v) is 33.3. The van der Waals surface area contributed by atoms with Crippen molar-refractivity contribution in [1.29, 1.82) is 0 Å². The molecular formula is C49H57N3O4. The van der Waals surface area contributed by atoms with Crippen molar-refractivity contribution in [2.24, 2.45) is 58.0 Å². The van der Waals surface area contributed by atoms with Gasteiger partial charge in [0.1, 0.15) is 11.2 Å². The second-order valence-corrected chi connectivity index (χ2v) is 20.5. The van der Waals surface area contributed by atoms with Crippen LogP contribution in [0.25, 0.3) is 0 Å². The van der Waals surface area contributed by atoms with E-state index < -0.39 is 16.4 Å². The van der Waals surface area contributed by atoms with E-state index in [0.717, 1.165) is 93.3 Å². The topological polar surface area (TPSA) is 85.1 Å². The average molecular weight is 752 g/mol. The van der Waals surface area contributed by atoms with Crippen LogP contribution in [-0.2, 0) is 26.3 Å². The molecule has 7 heteroatoms. The normalized spacial score (nSPS) is 45.7. The van der Waals surface area contributed by atoms with Crippen LogP contribution in [0.5, 0.6) is 0 Å². The Bertz CT molecular complexity index is 2190. The Balaban J connectivity index is 1.13. The predicted octanol–water partition coefficient (Wildman–Crippen LogP) is 7.88. The molecule has 5 fully saturated rings.